The summed E-state index contributed by atoms with van der Waals surface area (Å²) in [5.74, 6) is -0.753. The van der Waals surface area contributed by atoms with Gasteiger partial charge < -0.3 is 9.47 Å². The first kappa shape index (κ1) is 19.6. The number of benzene rings is 2. The number of carbonyl (C=O) groups is 2. The molecule has 7 nitrogen and oxygen atoms in total. The predicted octanol–water partition coefficient (Wildman–Crippen LogP) is 2.61. The highest BCUT2D eigenvalue weighted by atomic mass is 16.7. The Morgan fingerprint density at radius 1 is 1.03 bits per heavy atom. The zero-order chi connectivity index (χ0) is 20.1. The molecule has 2 saturated heterocycles. The van der Waals surface area contributed by atoms with Crippen LogP contribution in [0.15, 0.2) is 60.7 Å². The Kier molecular flexibility index (Phi) is 6.19. The number of amides is 2. The normalized spacial score (nSPS) is 22.1. The number of hydroxylamine groups is 2. The van der Waals surface area contributed by atoms with E-state index in [1.807, 2.05) is 60.7 Å². The molecule has 7 heteroatoms. The second-order valence-electron chi connectivity index (χ2n) is 7.14. The minimum absolute atomic E-state index is 0.217. The second kappa shape index (κ2) is 9.17. The number of ether oxygens (including phenoxy) is 2. The maximum absolute atomic E-state index is 13.0. The van der Waals surface area contributed by atoms with E-state index >= 15 is 0 Å². The van der Waals surface area contributed by atoms with Crippen LogP contribution in [0.2, 0.25) is 0 Å². The van der Waals surface area contributed by atoms with Gasteiger partial charge in [0, 0.05) is 6.54 Å². The summed E-state index contributed by atoms with van der Waals surface area (Å²) in [6.07, 6.45) is -0.583. The first-order valence-corrected chi connectivity index (χ1v) is 9.75. The molecule has 0 aliphatic carbocycles. The van der Waals surface area contributed by atoms with Gasteiger partial charge in [0.15, 0.2) is 0 Å². The minimum atomic E-state index is -0.583. The van der Waals surface area contributed by atoms with Crippen LogP contribution in [-0.4, -0.2) is 54.4 Å². The molecule has 2 aromatic rings. The quantitative estimate of drug-likeness (QED) is 0.717. The second-order valence-corrected chi connectivity index (χ2v) is 7.14. The van der Waals surface area contributed by atoms with Gasteiger partial charge in [-0.05, 0) is 11.1 Å². The molecule has 2 heterocycles. The molecule has 2 aliphatic heterocycles. The van der Waals surface area contributed by atoms with Crippen molar-refractivity contribution >= 4 is 12.0 Å². The summed E-state index contributed by atoms with van der Waals surface area (Å²) in [4.78, 5) is 31.8. The van der Waals surface area contributed by atoms with Crippen molar-refractivity contribution in [2.75, 3.05) is 26.4 Å². The molecular weight excluding hydrogens is 372 g/mol. The first-order chi connectivity index (χ1) is 14.2. The molecule has 0 bridgehead atoms. The lowest BCUT2D eigenvalue weighted by molar-refractivity contribution is -0.151. The van der Waals surface area contributed by atoms with Gasteiger partial charge in [0.05, 0.1) is 38.3 Å². The highest BCUT2D eigenvalue weighted by Gasteiger charge is 2.44. The number of hydrogen-bond acceptors (Lipinski definition) is 6. The van der Waals surface area contributed by atoms with Gasteiger partial charge in [0.2, 0.25) is 5.91 Å². The monoisotopic (exact) mass is 396 g/mol. The number of carbonyl (C=O) groups excluding carboxylic acids is 2. The summed E-state index contributed by atoms with van der Waals surface area (Å²) in [7, 11) is 0. The molecule has 0 unspecified atom stereocenters. The van der Waals surface area contributed by atoms with E-state index in [2.05, 4.69) is 0 Å². The number of imide groups is 1. The molecule has 2 aliphatic rings. The lowest BCUT2D eigenvalue weighted by atomic mass is 10.00. The van der Waals surface area contributed by atoms with E-state index < -0.39 is 12.0 Å². The Hall–Kier alpha value is -2.74. The highest BCUT2D eigenvalue weighted by Crippen LogP contribution is 2.27. The zero-order valence-electron chi connectivity index (χ0n) is 16.1. The van der Waals surface area contributed by atoms with Gasteiger partial charge in [0.1, 0.15) is 6.61 Å². The Bertz CT molecular complexity index is 830. The van der Waals surface area contributed by atoms with Gasteiger partial charge >= 0.3 is 6.09 Å². The molecule has 0 saturated carbocycles. The lowest BCUT2D eigenvalue weighted by Crippen LogP contribution is -2.45. The van der Waals surface area contributed by atoms with Crippen LogP contribution >= 0.6 is 0 Å². The molecule has 0 aromatic heterocycles. The average molecular weight is 396 g/mol. The molecule has 2 fully saturated rings. The van der Waals surface area contributed by atoms with Crippen LogP contribution < -0.4 is 0 Å². The highest BCUT2D eigenvalue weighted by molar-refractivity contribution is 5.94. The van der Waals surface area contributed by atoms with Gasteiger partial charge in [-0.1, -0.05) is 60.7 Å². The van der Waals surface area contributed by atoms with Gasteiger partial charge in [0.25, 0.3) is 0 Å². The van der Waals surface area contributed by atoms with E-state index in [4.69, 9.17) is 14.3 Å². The Morgan fingerprint density at radius 2 is 1.72 bits per heavy atom. The van der Waals surface area contributed by atoms with Crippen molar-refractivity contribution in [3.8, 4) is 0 Å². The number of rotatable bonds is 7. The van der Waals surface area contributed by atoms with Crippen molar-refractivity contribution in [3.63, 3.8) is 0 Å². The largest absolute Gasteiger partial charge is 0.447 e. The molecule has 2 amide bonds. The summed E-state index contributed by atoms with van der Waals surface area (Å²) < 4.78 is 10.9. The SMILES string of the molecule is O=C1OCCN1C(=O)[C@H]1CON(Cc2ccccc2)[C@H]1COCc1ccccc1. The van der Waals surface area contributed by atoms with Crippen LogP contribution in [0.4, 0.5) is 4.79 Å². The van der Waals surface area contributed by atoms with Crippen LogP contribution in [-0.2, 0) is 32.3 Å². The van der Waals surface area contributed by atoms with Gasteiger partial charge in [-0.25, -0.2) is 9.69 Å². The van der Waals surface area contributed by atoms with Crippen molar-refractivity contribution < 1.29 is 23.9 Å². The third-order valence-corrected chi connectivity index (χ3v) is 5.18. The van der Waals surface area contributed by atoms with Crippen molar-refractivity contribution in [1.29, 1.82) is 0 Å². The molecule has 2 atom stereocenters. The third-order valence-electron chi connectivity index (χ3n) is 5.18. The van der Waals surface area contributed by atoms with Crippen molar-refractivity contribution in [2.24, 2.45) is 5.92 Å². The van der Waals surface area contributed by atoms with E-state index in [0.717, 1.165) is 11.1 Å². The molecule has 0 N–H and O–H groups in total. The van der Waals surface area contributed by atoms with Crippen LogP contribution in [0.1, 0.15) is 11.1 Å². The third kappa shape index (κ3) is 4.64. The summed E-state index contributed by atoms with van der Waals surface area (Å²) >= 11 is 0. The fourth-order valence-corrected chi connectivity index (χ4v) is 3.61. The fraction of sp³-hybridized carbons (Fsp3) is 0.364. The van der Waals surface area contributed by atoms with E-state index in [1.165, 1.54) is 4.90 Å². The first-order valence-electron chi connectivity index (χ1n) is 9.75. The Balaban J connectivity index is 1.45. The van der Waals surface area contributed by atoms with Crippen molar-refractivity contribution in [3.05, 3.63) is 71.8 Å². The predicted molar refractivity (Wildman–Crippen MR) is 104 cm³/mol. The van der Waals surface area contributed by atoms with Crippen molar-refractivity contribution in [2.45, 2.75) is 19.2 Å². The smallest absolute Gasteiger partial charge is 0.416 e. The molecule has 4 rings (SSSR count). The van der Waals surface area contributed by atoms with E-state index in [1.54, 1.807) is 5.06 Å². The van der Waals surface area contributed by atoms with E-state index in [0.29, 0.717) is 19.8 Å². The minimum Gasteiger partial charge on any atom is -0.447 e. The molecule has 0 radical (unpaired) electrons. The lowest BCUT2D eigenvalue weighted by Gasteiger charge is -2.26. The molecule has 29 heavy (non-hydrogen) atoms. The molecular formula is C22H24N2O5. The van der Waals surface area contributed by atoms with Crippen LogP contribution in [0.5, 0.6) is 0 Å². The van der Waals surface area contributed by atoms with Gasteiger partial charge in [-0.3, -0.25) is 9.63 Å². The Labute approximate surface area is 169 Å². The standard InChI is InChI=1S/C22H24N2O5/c25-21(23-11-12-28-22(23)26)19-15-29-24(13-17-7-3-1-4-8-17)20(19)16-27-14-18-9-5-2-6-10-18/h1-10,19-20H,11-16H2/t19-,20-/m0/s1. The average Bonchev–Trinajstić information content (AvgIpc) is 3.35. The molecule has 0 spiro atoms. The van der Waals surface area contributed by atoms with E-state index in [-0.39, 0.29) is 31.7 Å². The molecule has 2 aromatic carbocycles. The van der Waals surface area contributed by atoms with Crippen molar-refractivity contribution in [1.82, 2.24) is 9.96 Å². The molecule has 152 valence electrons. The maximum Gasteiger partial charge on any atom is 0.416 e. The fourth-order valence-electron chi connectivity index (χ4n) is 3.61. The van der Waals surface area contributed by atoms with Crippen LogP contribution in [0.3, 0.4) is 0 Å². The van der Waals surface area contributed by atoms with Gasteiger partial charge in [-0.15, -0.1) is 0 Å². The summed E-state index contributed by atoms with van der Waals surface area (Å²) in [6, 6.07) is 19.5. The number of cyclic esters (lactones) is 1. The Morgan fingerprint density at radius 3 is 2.38 bits per heavy atom. The number of hydrogen-bond donors (Lipinski definition) is 0. The summed E-state index contributed by atoms with van der Waals surface area (Å²) in [6.45, 7) is 2.04. The van der Waals surface area contributed by atoms with Gasteiger partial charge in [-0.2, -0.15) is 5.06 Å². The topological polar surface area (TPSA) is 68.3 Å². The van der Waals surface area contributed by atoms with Crippen LogP contribution in [0, 0.1) is 5.92 Å². The summed E-state index contributed by atoms with van der Waals surface area (Å²) in [5.41, 5.74) is 2.14. The zero-order valence-corrected chi connectivity index (χ0v) is 16.1. The van der Waals surface area contributed by atoms with Crippen LogP contribution in [0.25, 0.3) is 0 Å². The maximum atomic E-state index is 13.0. The van der Waals surface area contributed by atoms with E-state index in [9.17, 15) is 9.59 Å². The summed E-state index contributed by atoms with van der Waals surface area (Å²) in [5, 5.41) is 1.80. The number of nitrogens with zero attached hydrogens (tertiary/aromatic N) is 2.